The first-order valence-corrected chi connectivity index (χ1v) is 8.64. The predicted octanol–water partition coefficient (Wildman–Crippen LogP) is 3.73. The van der Waals surface area contributed by atoms with Crippen molar-refractivity contribution < 1.29 is 4.79 Å². The third kappa shape index (κ3) is 3.18. The van der Waals surface area contributed by atoms with E-state index in [0.29, 0.717) is 6.54 Å². The molecule has 1 atom stereocenters. The van der Waals surface area contributed by atoms with E-state index in [0.717, 1.165) is 29.4 Å². The summed E-state index contributed by atoms with van der Waals surface area (Å²) in [6.45, 7) is 0.602. The molecule has 2 amide bonds. The molecule has 1 aliphatic rings. The number of urea groups is 1. The van der Waals surface area contributed by atoms with Crippen molar-refractivity contribution in [3.8, 4) is 0 Å². The maximum Gasteiger partial charge on any atom is 0.319 e. The lowest BCUT2D eigenvalue weighted by Gasteiger charge is -2.27. The fraction of sp³-hybridized carbons (Fsp3) is 0.250. The minimum Gasteiger partial charge on any atom is -0.380 e. The van der Waals surface area contributed by atoms with Crippen molar-refractivity contribution in [2.75, 3.05) is 17.2 Å². The lowest BCUT2D eigenvalue weighted by atomic mass is 9.98. The van der Waals surface area contributed by atoms with Crippen molar-refractivity contribution >= 4 is 28.3 Å². The number of fused-ring (bicyclic) bond motifs is 2. The summed E-state index contributed by atoms with van der Waals surface area (Å²) in [6.07, 6.45) is 4.06. The number of aryl methyl sites for hydroxylation is 2. The Morgan fingerprint density at radius 3 is 3.00 bits per heavy atom. The van der Waals surface area contributed by atoms with Crippen LogP contribution in [0.1, 0.15) is 12.0 Å². The van der Waals surface area contributed by atoms with E-state index in [1.807, 2.05) is 48.1 Å². The van der Waals surface area contributed by atoms with Gasteiger partial charge in [-0.1, -0.05) is 24.3 Å². The van der Waals surface area contributed by atoms with Crippen LogP contribution >= 0.6 is 0 Å². The molecule has 25 heavy (non-hydrogen) atoms. The lowest BCUT2D eigenvalue weighted by Crippen LogP contribution is -2.40. The van der Waals surface area contributed by atoms with Gasteiger partial charge in [-0.05, 0) is 42.7 Å². The number of hydrogen-bond acceptors (Lipinski definition) is 2. The first-order valence-electron chi connectivity index (χ1n) is 8.64. The third-order valence-corrected chi connectivity index (χ3v) is 4.82. The Bertz CT molecular complexity index is 915. The number of nitrogens with zero attached hydrogens (tertiary/aromatic N) is 1. The van der Waals surface area contributed by atoms with Crippen LogP contribution in [0.25, 0.3) is 10.9 Å². The molecule has 0 radical (unpaired) electrons. The molecule has 3 N–H and O–H groups in total. The highest BCUT2D eigenvalue weighted by Gasteiger charge is 2.17. The van der Waals surface area contributed by atoms with Gasteiger partial charge in [0.15, 0.2) is 0 Å². The van der Waals surface area contributed by atoms with Crippen LogP contribution in [0.5, 0.6) is 0 Å². The molecule has 128 valence electrons. The fourth-order valence-corrected chi connectivity index (χ4v) is 3.45. The monoisotopic (exact) mass is 334 g/mol. The highest BCUT2D eigenvalue weighted by molar-refractivity contribution is 6.00. The van der Waals surface area contributed by atoms with Gasteiger partial charge in [0.25, 0.3) is 0 Å². The zero-order valence-electron chi connectivity index (χ0n) is 14.3. The summed E-state index contributed by atoms with van der Waals surface area (Å²) in [4.78, 5) is 12.3. The largest absolute Gasteiger partial charge is 0.380 e. The second kappa shape index (κ2) is 6.51. The van der Waals surface area contributed by atoms with Crippen LogP contribution in [-0.4, -0.2) is 23.2 Å². The Balaban J connectivity index is 1.37. The SMILES string of the molecule is Cn1ccc2c(NC(=O)NCC3CCc4ccccc4N3)cccc21. The van der Waals surface area contributed by atoms with Gasteiger partial charge >= 0.3 is 6.03 Å². The third-order valence-electron chi connectivity index (χ3n) is 4.82. The van der Waals surface area contributed by atoms with E-state index < -0.39 is 0 Å². The number of hydrogen-bond donors (Lipinski definition) is 3. The van der Waals surface area contributed by atoms with Gasteiger partial charge in [-0.3, -0.25) is 0 Å². The minimum atomic E-state index is -0.169. The molecule has 0 spiro atoms. The summed E-state index contributed by atoms with van der Waals surface area (Å²) in [5.74, 6) is 0. The number of anilines is 2. The van der Waals surface area contributed by atoms with Gasteiger partial charge < -0.3 is 20.5 Å². The zero-order valence-corrected chi connectivity index (χ0v) is 14.3. The van der Waals surface area contributed by atoms with E-state index in [2.05, 4.69) is 34.1 Å². The van der Waals surface area contributed by atoms with Crippen LogP contribution in [0.3, 0.4) is 0 Å². The van der Waals surface area contributed by atoms with E-state index in [9.17, 15) is 4.79 Å². The smallest absolute Gasteiger partial charge is 0.319 e. The standard InChI is InChI=1S/C20H22N4O/c1-24-12-11-16-18(7-4-8-19(16)24)23-20(25)21-13-15-10-9-14-5-2-3-6-17(14)22-15/h2-8,11-12,15,22H,9-10,13H2,1H3,(H2,21,23,25). The first kappa shape index (κ1) is 15.6. The van der Waals surface area contributed by atoms with E-state index >= 15 is 0 Å². The molecule has 1 aromatic heterocycles. The van der Waals surface area contributed by atoms with Crippen molar-refractivity contribution in [1.29, 1.82) is 0 Å². The molecule has 0 aliphatic carbocycles. The topological polar surface area (TPSA) is 58.1 Å². The Morgan fingerprint density at radius 1 is 1.20 bits per heavy atom. The number of aromatic nitrogens is 1. The van der Waals surface area contributed by atoms with E-state index in [-0.39, 0.29) is 12.1 Å². The molecule has 1 unspecified atom stereocenters. The molecule has 4 rings (SSSR count). The highest BCUT2D eigenvalue weighted by Crippen LogP contribution is 2.25. The summed E-state index contributed by atoms with van der Waals surface area (Å²) in [7, 11) is 2.00. The molecule has 0 bridgehead atoms. The number of amides is 2. The summed E-state index contributed by atoms with van der Waals surface area (Å²) in [5.41, 5.74) is 4.45. The average molecular weight is 334 g/mol. The van der Waals surface area contributed by atoms with Crippen molar-refractivity contribution in [2.24, 2.45) is 7.05 Å². The molecular weight excluding hydrogens is 312 g/mol. The number of benzene rings is 2. The summed E-state index contributed by atoms with van der Waals surface area (Å²) in [5, 5.41) is 10.5. The Kier molecular flexibility index (Phi) is 4.06. The molecule has 0 fully saturated rings. The van der Waals surface area contributed by atoms with Crippen LogP contribution in [0.15, 0.2) is 54.7 Å². The molecule has 2 heterocycles. The van der Waals surface area contributed by atoms with Crippen molar-refractivity contribution in [2.45, 2.75) is 18.9 Å². The Hall–Kier alpha value is -2.95. The van der Waals surface area contributed by atoms with Crippen molar-refractivity contribution in [3.05, 3.63) is 60.3 Å². The first-order chi connectivity index (χ1) is 12.2. The summed E-state index contributed by atoms with van der Waals surface area (Å²) < 4.78 is 2.04. The number of carbonyl (C=O) groups is 1. The van der Waals surface area contributed by atoms with Gasteiger partial charge in [-0.2, -0.15) is 0 Å². The van der Waals surface area contributed by atoms with Crippen LogP contribution in [0.4, 0.5) is 16.2 Å². The maximum atomic E-state index is 12.3. The zero-order chi connectivity index (χ0) is 17.2. The van der Waals surface area contributed by atoms with Gasteiger partial charge in [-0.15, -0.1) is 0 Å². The van der Waals surface area contributed by atoms with Gasteiger partial charge in [0.05, 0.1) is 5.69 Å². The second-order valence-corrected chi connectivity index (χ2v) is 6.54. The van der Waals surface area contributed by atoms with Crippen LogP contribution in [0.2, 0.25) is 0 Å². The van der Waals surface area contributed by atoms with Crippen LogP contribution in [0, 0.1) is 0 Å². The molecule has 0 saturated heterocycles. The quantitative estimate of drug-likeness (QED) is 0.683. The van der Waals surface area contributed by atoms with Gasteiger partial charge in [0.1, 0.15) is 0 Å². The maximum absolute atomic E-state index is 12.3. The molecule has 0 saturated carbocycles. The number of carbonyl (C=O) groups excluding carboxylic acids is 1. The minimum absolute atomic E-state index is 0.169. The molecule has 5 nitrogen and oxygen atoms in total. The molecule has 2 aromatic carbocycles. The Morgan fingerprint density at radius 2 is 2.08 bits per heavy atom. The van der Waals surface area contributed by atoms with E-state index in [1.54, 1.807) is 0 Å². The van der Waals surface area contributed by atoms with Gasteiger partial charge in [0.2, 0.25) is 0 Å². The van der Waals surface area contributed by atoms with Crippen molar-refractivity contribution in [3.63, 3.8) is 0 Å². The summed E-state index contributed by atoms with van der Waals surface area (Å²) in [6, 6.07) is 16.4. The summed E-state index contributed by atoms with van der Waals surface area (Å²) >= 11 is 0. The van der Waals surface area contributed by atoms with Crippen LogP contribution < -0.4 is 16.0 Å². The van der Waals surface area contributed by atoms with E-state index in [1.165, 1.54) is 11.3 Å². The number of rotatable bonds is 3. The lowest BCUT2D eigenvalue weighted by molar-refractivity contribution is 0.251. The second-order valence-electron chi connectivity index (χ2n) is 6.54. The molecule has 1 aliphatic heterocycles. The van der Waals surface area contributed by atoms with Gasteiger partial charge in [-0.25, -0.2) is 4.79 Å². The Labute approximate surface area is 147 Å². The van der Waals surface area contributed by atoms with Crippen LogP contribution in [-0.2, 0) is 13.5 Å². The average Bonchev–Trinajstić information content (AvgIpc) is 3.02. The fourth-order valence-electron chi connectivity index (χ4n) is 3.45. The molecular formula is C20H22N4O. The number of para-hydroxylation sites is 1. The van der Waals surface area contributed by atoms with Gasteiger partial charge in [0, 0.05) is 42.4 Å². The molecule has 3 aromatic rings. The predicted molar refractivity (Wildman–Crippen MR) is 102 cm³/mol. The number of nitrogens with one attached hydrogen (secondary N) is 3. The normalized spacial score (nSPS) is 16.1. The molecule has 5 heteroatoms. The van der Waals surface area contributed by atoms with Crippen molar-refractivity contribution in [1.82, 2.24) is 9.88 Å². The highest BCUT2D eigenvalue weighted by atomic mass is 16.2. The van der Waals surface area contributed by atoms with E-state index in [4.69, 9.17) is 0 Å².